The maximum absolute atomic E-state index is 6.15. The summed E-state index contributed by atoms with van der Waals surface area (Å²) in [6.07, 6.45) is 2.98. The van der Waals surface area contributed by atoms with Crippen molar-refractivity contribution in [2.75, 3.05) is 7.11 Å². The van der Waals surface area contributed by atoms with Crippen LogP contribution in [0.1, 0.15) is 25.1 Å². The smallest absolute Gasteiger partial charge is 0.271 e. The van der Waals surface area contributed by atoms with Crippen LogP contribution < -0.4 is 10.5 Å². The predicted octanol–water partition coefficient (Wildman–Crippen LogP) is 2.57. The van der Waals surface area contributed by atoms with Crippen LogP contribution in [0.2, 0.25) is 0 Å². The van der Waals surface area contributed by atoms with Gasteiger partial charge in [0.15, 0.2) is 5.82 Å². The fraction of sp³-hybridized carbons (Fsp3) is 0.455. The van der Waals surface area contributed by atoms with E-state index in [-0.39, 0.29) is 17.9 Å². The van der Waals surface area contributed by atoms with E-state index in [1.165, 1.54) is 11.3 Å². The molecule has 18 heavy (non-hydrogen) atoms. The van der Waals surface area contributed by atoms with Gasteiger partial charge in [-0.05, 0) is 30.7 Å². The maximum Gasteiger partial charge on any atom is 0.271 e. The van der Waals surface area contributed by atoms with Gasteiger partial charge in [-0.1, -0.05) is 5.16 Å². The number of nitrogens with zero attached hydrogens (tertiary/aromatic N) is 2. The molecule has 2 heterocycles. The first-order valence-electron chi connectivity index (χ1n) is 5.48. The van der Waals surface area contributed by atoms with Crippen molar-refractivity contribution in [3.63, 3.8) is 0 Å². The fourth-order valence-corrected chi connectivity index (χ4v) is 2.69. The van der Waals surface area contributed by atoms with Gasteiger partial charge in [-0.15, -0.1) is 23.7 Å². The average Bonchev–Trinajstić information content (AvgIpc) is 2.93. The van der Waals surface area contributed by atoms with Gasteiger partial charge in [0.25, 0.3) is 5.89 Å². The predicted molar refractivity (Wildman–Crippen MR) is 71.1 cm³/mol. The molecule has 0 unspecified atom stereocenters. The van der Waals surface area contributed by atoms with Gasteiger partial charge in [-0.25, -0.2) is 0 Å². The van der Waals surface area contributed by atoms with E-state index >= 15 is 0 Å². The van der Waals surface area contributed by atoms with Crippen LogP contribution in [-0.4, -0.2) is 17.3 Å². The molecule has 0 aromatic carbocycles. The Morgan fingerprint density at radius 1 is 1.50 bits per heavy atom. The third-order valence-electron chi connectivity index (χ3n) is 3.16. The Morgan fingerprint density at radius 2 is 2.28 bits per heavy atom. The minimum Gasteiger partial charge on any atom is -0.495 e. The normalized spacial score (nSPS) is 16.8. The molecule has 1 fully saturated rings. The number of hydrogen-bond donors (Lipinski definition) is 1. The quantitative estimate of drug-likeness (QED) is 0.939. The number of nitrogens with two attached hydrogens (primary N) is 1. The molecule has 98 valence electrons. The molecule has 3 rings (SSSR count). The summed E-state index contributed by atoms with van der Waals surface area (Å²) in [5, 5.41) is 5.91. The van der Waals surface area contributed by atoms with Crippen molar-refractivity contribution in [1.29, 1.82) is 0 Å². The van der Waals surface area contributed by atoms with E-state index in [9.17, 15) is 0 Å². The highest BCUT2D eigenvalue weighted by molar-refractivity contribution is 7.13. The van der Waals surface area contributed by atoms with Crippen LogP contribution in [0.4, 0.5) is 0 Å². The molecule has 0 aliphatic heterocycles. The number of aromatic nitrogens is 2. The van der Waals surface area contributed by atoms with Crippen LogP contribution in [-0.2, 0) is 5.54 Å². The molecule has 0 radical (unpaired) electrons. The molecule has 0 amide bonds. The Hall–Kier alpha value is -1.11. The second-order valence-electron chi connectivity index (χ2n) is 4.25. The van der Waals surface area contributed by atoms with E-state index in [1.807, 2.05) is 11.4 Å². The van der Waals surface area contributed by atoms with E-state index in [0.29, 0.717) is 11.7 Å². The van der Waals surface area contributed by atoms with Crippen LogP contribution >= 0.6 is 23.7 Å². The summed E-state index contributed by atoms with van der Waals surface area (Å²) in [7, 11) is 1.62. The third kappa shape index (κ3) is 2.00. The Labute approximate surface area is 115 Å². The molecule has 1 aliphatic rings. The number of methoxy groups -OCH3 is 1. The summed E-state index contributed by atoms with van der Waals surface area (Å²) in [5.74, 6) is 1.85. The summed E-state index contributed by atoms with van der Waals surface area (Å²) >= 11 is 1.51. The van der Waals surface area contributed by atoms with Crippen LogP contribution in [0.15, 0.2) is 16.0 Å². The number of rotatable bonds is 3. The third-order valence-corrected chi connectivity index (χ3v) is 4.04. The SMILES string of the molecule is COc1ccsc1-c1nc(C2(N)CCC2)no1.Cl. The number of halogens is 1. The van der Waals surface area contributed by atoms with Gasteiger partial charge in [-0.2, -0.15) is 4.98 Å². The molecule has 1 aliphatic carbocycles. The van der Waals surface area contributed by atoms with Crippen molar-refractivity contribution in [3.8, 4) is 16.5 Å². The van der Waals surface area contributed by atoms with Crippen molar-refractivity contribution in [2.45, 2.75) is 24.8 Å². The number of hydrogen-bond acceptors (Lipinski definition) is 6. The standard InChI is InChI=1S/C11H13N3O2S.ClH/c1-15-7-3-6-17-8(7)9-13-10(14-16-9)11(12)4-2-5-11;/h3,6H,2,4-5,12H2,1H3;1H. The zero-order valence-corrected chi connectivity index (χ0v) is 11.5. The largest absolute Gasteiger partial charge is 0.495 e. The van der Waals surface area contributed by atoms with Gasteiger partial charge in [0.05, 0.1) is 12.6 Å². The Bertz CT molecular complexity index is 536. The lowest BCUT2D eigenvalue weighted by atomic mass is 9.77. The van der Waals surface area contributed by atoms with Gasteiger partial charge in [0, 0.05) is 0 Å². The maximum atomic E-state index is 6.15. The van der Waals surface area contributed by atoms with E-state index < -0.39 is 0 Å². The Kier molecular flexibility index (Phi) is 3.61. The topological polar surface area (TPSA) is 74.2 Å². The highest BCUT2D eigenvalue weighted by Crippen LogP contribution is 2.39. The highest BCUT2D eigenvalue weighted by atomic mass is 35.5. The molecule has 0 atom stereocenters. The second kappa shape index (κ2) is 4.87. The average molecular weight is 288 g/mol. The second-order valence-corrected chi connectivity index (χ2v) is 5.17. The molecule has 0 bridgehead atoms. The summed E-state index contributed by atoms with van der Waals surface area (Å²) in [6.45, 7) is 0. The summed E-state index contributed by atoms with van der Waals surface area (Å²) in [4.78, 5) is 5.24. The summed E-state index contributed by atoms with van der Waals surface area (Å²) in [5.41, 5.74) is 5.77. The van der Waals surface area contributed by atoms with E-state index in [0.717, 1.165) is 29.9 Å². The van der Waals surface area contributed by atoms with Gasteiger partial charge in [-0.3, -0.25) is 0 Å². The molecule has 5 nitrogen and oxygen atoms in total. The molecule has 2 aromatic heterocycles. The first kappa shape index (κ1) is 13.3. The first-order valence-corrected chi connectivity index (χ1v) is 6.36. The molecule has 1 saturated carbocycles. The molecule has 2 N–H and O–H groups in total. The first-order chi connectivity index (χ1) is 8.23. The van der Waals surface area contributed by atoms with Crippen molar-refractivity contribution >= 4 is 23.7 Å². The number of thiophene rings is 1. The zero-order chi connectivity index (χ0) is 11.9. The van der Waals surface area contributed by atoms with Crippen LogP contribution in [0.25, 0.3) is 10.8 Å². The van der Waals surface area contributed by atoms with Crippen LogP contribution in [0.5, 0.6) is 5.75 Å². The molecule has 7 heteroatoms. The lowest BCUT2D eigenvalue weighted by molar-refractivity contribution is 0.229. The lowest BCUT2D eigenvalue weighted by Crippen LogP contribution is -2.44. The van der Waals surface area contributed by atoms with Crippen molar-refractivity contribution in [3.05, 3.63) is 17.3 Å². The van der Waals surface area contributed by atoms with E-state index in [4.69, 9.17) is 15.0 Å². The summed E-state index contributed by atoms with van der Waals surface area (Å²) in [6, 6.07) is 1.88. The molecule has 0 saturated heterocycles. The van der Waals surface area contributed by atoms with Gasteiger partial charge in [0.1, 0.15) is 10.6 Å². The summed E-state index contributed by atoms with van der Waals surface area (Å²) < 4.78 is 10.5. The highest BCUT2D eigenvalue weighted by Gasteiger charge is 2.39. The molecular weight excluding hydrogens is 274 g/mol. The van der Waals surface area contributed by atoms with Crippen molar-refractivity contribution in [2.24, 2.45) is 5.73 Å². The lowest BCUT2D eigenvalue weighted by Gasteiger charge is -2.34. The van der Waals surface area contributed by atoms with E-state index in [1.54, 1.807) is 7.11 Å². The molecular formula is C11H14ClN3O2S. The zero-order valence-electron chi connectivity index (χ0n) is 9.88. The molecule has 0 spiro atoms. The monoisotopic (exact) mass is 287 g/mol. The Morgan fingerprint density at radius 3 is 2.89 bits per heavy atom. The van der Waals surface area contributed by atoms with E-state index in [2.05, 4.69) is 10.1 Å². The molecule has 2 aromatic rings. The van der Waals surface area contributed by atoms with Crippen LogP contribution in [0, 0.1) is 0 Å². The minimum absolute atomic E-state index is 0. The van der Waals surface area contributed by atoms with Crippen molar-refractivity contribution < 1.29 is 9.26 Å². The van der Waals surface area contributed by atoms with Gasteiger partial charge >= 0.3 is 0 Å². The number of ether oxygens (including phenoxy) is 1. The van der Waals surface area contributed by atoms with Crippen molar-refractivity contribution in [1.82, 2.24) is 10.1 Å². The minimum atomic E-state index is -0.383. The Balaban J connectivity index is 0.00000120. The van der Waals surface area contributed by atoms with Crippen LogP contribution in [0.3, 0.4) is 0 Å². The van der Waals surface area contributed by atoms with Gasteiger partial charge in [0.2, 0.25) is 0 Å². The fourth-order valence-electron chi connectivity index (χ4n) is 1.91. The van der Waals surface area contributed by atoms with Gasteiger partial charge < -0.3 is 15.0 Å².